The summed E-state index contributed by atoms with van der Waals surface area (Å²) in [4.78, 5) is 11.3. The first-order chi connectivity index (χ1) is 7.43. The average Bonchev–Trinajstić information content (AvgIpc) is 2.49. The van der Waals surface area contributed by atoms with E-state index in [4.69, 9.17) is 5.73 Å². The summed E-state index contributed by atoms with van der Waals surface area (Å²) in [5.41, 5.74) is 5.12. The molecule has 9 heteroatoms. The molecule has 16 heavy (non-hydrogen) atoms. The molecule has 0 aliphatic rings. The van der Waals surface area contributed by atoms with Crippen LogP contribution in [0.25, 0.3) is 0 Å². The third-order valence-electron chi connectivity index (χ3n) is 1.55. The van der Waals surface area contributed by atoms with Crippen LogP contribution in [0, 0.1) is 6.92 Å². The number of amides is 1. The summed E-state index contributed by atoms with van der Waals surface area (Å²) >= 11 is 1.18. The Morgan fingerprint density at radius 3 is 2.69 bits per heavy atom. The lowest BCUT2D eigenvalue weighted by molar-refractivity contribution is -0.113. The van der Waals surface area contributed by atoms with Crippen molar-refractivity contribution in [1.82, 2.24) is 10.2 Å². The molecule has 0 spiro atoms. The van der Waals surface area contributed by atoms with E-state index in [-0.39, 0.29) is 12.3 Å². The lowest BCUT2D eigenvalue weighted by atomic mass is 10.7. The number of carbonyl (C=O) groups is 1. The number of rotatable bonds is 5. The van der Waals surface area contributed by atoms with Crippen LogP contribution in [0.4, 0.5) is 5.13 Å². The molecular weight excluding hydrogens is 252 g/mol. The SMILES string of the molecule is Cc1nnc(NC(=O)CS(=O)(=O)CCN)s1. The van der Waals surface area contributed by atoms with Gasteiger partial charge in [-0.05, 0) is 6.92 Å². The van der Waals surface area contributed by atoms with E-state index in [0.717, 1.165) is 0 Å². The number of nitrogens with two attached hydrogens (primary N) is 1. The average molecular weight is 264 g/mol. The number of sulfone groups is 1. The van der Waals surface area contributed by atoms with Crippen LogP contribution in [0.2, 0.25) is 0 Å². The highest BCUT2D eigenvalue weighted by Crippen LogP contribution is 2.13. The Bertz CT molecular complexity index is 468. The van der Waals surface area contributed by atoms with Crippen molar-refractivity contribution in [2.75, 3.05) is 23.4 Å². The van der Waals surface area contributed by atoms with Gasteiger partial charge in [0.25, 0.3) is 0 Å². The van der Waals surface area contributed by atoms with Crippen molar-refractivity contribution in [1.29, 1.82) is 0 Å². The molecule has 1 aromatic heterocycles. The van der Waals surface area contributed by atoms with Gasteiger partial charge >= 0.3 is 0 Å². The molecule has 0 saturated heterocycles. The second-order valence-corrected chi connectivity index (χ2v) is 6.42. The molecule has 1 heterocycles. The normalized spacial score (nSPS) is 11.4. The zero-order valence-corrected chi connectivity index (χ0v) is 10.3. The zero-order chi connectivity index (χ0) is 12.2. The summed E-state index contributed by atoms with van der Waals surface area (Å²) in [5.74, 6) is -1.40. The number of anilines is 1. The highest BCUT2D eigenvalue weighted by Gasteiger charge is 2.16. The maximum Gasteiger partial charge on any atom is 0.241 e. The van der Waals surface area contributed by atoms with Gasteiger partial charge < -0.3 is 5.73 Å². The van der Waals surface area contributed by atoms with E-state index in [1.54, 1.807) is 6.92 Å². The van der Waals surface area contributed by atoms with Crippen LogP contribution < -0.4 is 11.1 Å². The van der Waals surface area contributed by atoms with E-state index in [9.17, 15) is 13.2 Å². The summed E-state index contributed by atoms with van der Waals surface area (Å²) in [6.45, 7) is 1.74. The maximum absolute atomic E-state index is 11.3. The van der Waals surface area contributed by atoms with Gasteiger partial charge in [0.1, 0.15) is 10.8 Å². The van der Waals surface area contributed by atoms with Gasteiger partial charge in [0, 0.05) is 6.54 Å². The van der Waals surface area contributed by atoms with Gasteiger partial charge in [-0.25, -0.2) is 8.42 Å². The van der Waals surface area contributed by atoms with Gasteiger partial charge in [-0.15, -0.1) is 10.2 Å². The number of aromatic nitrogens is 2. The van der Waals surface area contributed by atoms with E-state index in [2.05, 4.69) is 15.5 Å². The van der Waals surface area contributed by atoms with Crippen LogP contribution in [0.3, 0.4) is 0 Å². The number of hydrogen-bond donors (Lipinski definition) is 2. The first-order valence-corrected chi connectivity index (χ1v) is 7.07. The monoisotopic (exact) mass is 264 g/mol. The Balaban J connectivity index is 2.54. The molecule has 0 saturated carbocycles. The fourth-order valence-corrected chi connectivity index (χ4v) is 2.54. The standard InChI is InChI=1S/C7H12N4O3S2/c1-5-10-11-7(15-5)9-6(12)4-16(13,14)3-2-8/h2-4,8H2,1H3,(H,9,11,12). The molecule has 0 aliphatic heterocycles. The number of nitrogens with one attached hydrogen (secondary N) is 1. The van der Waals surface area contributed by atoms with Crippen LogP contribution in [0.5, 0.6) is 0 Å². The first kappa shape index (κ1) is 13.0. The number of aryl methyl sites for hydroxylation is 1. The van der Waals surface area contributed by atoms with Gasteiger partial charge in [0.2, 0.25) is 11.0 Å². The quantitative estimate of drug-likeness (QED) is 0.716. The Labute approximate surface area is 97.0 Å². The first-order valence-electron chi connectivity index (χ1n) is 4.43. The van der Waals surface area contributed by atoms with Crippen LogP contribution in [-0.4, -0.2) is 42.6 Å². The van der Waals surface area contributed by atoms with Gasteiger partial charge in [-0.2, -0.15) is 0 Å². The predicted octanol–water partition coefficient (Wildman–Crippen LogP) is -0.841. The van der Waals surface area contributed by atoms with Crippen LogP contribution >= 0.6 is 11.3 Å². The lowest BCUT2D eigenvalue weighted by Gasteiger charge is -2.01. The maximum atomic E-state index is 11.3. The summed E-state index contributed by atoms with van der Waals surface area (Å²) < 4.78 is 22.5. The minimum absolute atomic E-state index is 0.00747. The second kappa shape index (κ2) is 5.32. The van der Waals surface area contributed by atoms with Crippen molar-refractivity contribution in [3.8, 4) is 0 Å². The molecule has 0 aliphatic carbocycles. The second-order valence-electron chi connectivity index (χ2n) is 3.06. The Kier molecular flexibility index (Phi) is 4.33. The number of carbonyl (C=O) groups excluding carboxylic acids is 1. The van der Waals surface area contributed by atoms with Crippen LogP contribution in [-0.2, 0) is 14.6 Å². The molecule has 0 aromatic carbocycles. The highest BCUT2D eigenvalue weighted by molar-refractivity contribution is 7.92. The number of hydrogen-bond acceptors (Lipinski definition) is 7. The Hall–Kier alpha value is -1.06. The summed E-state index contributed by atoms with van der Waals surface area (Å²) in [7, 11) is -3.42. The van der Waals surface area contributed by atoms with Crippen LogP contribution in [0.1, 0.15) is 5.01 Å². The lowest BCUT2D eigenvalue weighted by Crippen LogP contribution is -2.27. The Morgan fingerprint density at radius 2 is 2.19 bits per heavy atom. The Morgan fingerprint density at radius 1 is 1.50 bits per heavy atom. The smallest absolute Gasteiger partial charge is 0.241 e. The van der Waals surface area contributed by atoms with E-state index in [1.807, 2.05) is 0 Å². The van der Waals surface area contributed by atoms with Gasteiger partial charge in [-0.3, -0.25) is 10.1 Å². The van der Waals surface area contributed by atoms with Crippen molar-refractivity contribution in [3.05, 3.63) is 5.01 Å². The highest BCUT2D eigenvalue weighted by atomic mass is 32.2. The molecular formula is C7H12N4O3S2. The molecule has 3 N–H and O–H groups in total. The van der Waals surface area contributed by atoms with E-state index in [1.165, 1.54) is 11.3 Å². The summed E-state index contributed by atoms with van der Waals surface area (Å²) in [6, 6.07) is 0. The fourth-order valence-electron chi connectivity index (χ4n) is 0.954. The molecule has 1 amide bonds. The van der Waals surface area contributed by atoms with Crippen molar-refractivity contribution in [3.63, 3.8) is 0 Å². The van der Waals surface area contributed by atoms with Gasteiger partial charge in [0.15, 0.2) is 9.84 Å². The molecule has 0 fully saturated rings. The minimum Gasteiger partial charge on any atom is -0.329 e. The number of nitrogens with zero attached hydrogens (tertiary/aromatic N) is 2. The third-order valence-corrected chi connectivity index (χ3v) is 3.87. The van der Waals surface area contributed by atoms with Crippen molar-refractivity contribution >= 4 is 32.2 Å². The van der Waals surface area contributed by atoms with Gasteiger partial charge in [-0.1, -0.05) is 11.3 Å². The van der Waals surface area contributed by atoms with Gasteiger partial charge in [0.05, 0.1) is 5.75 Å². The molecule has 0 bridgehead atoms. The third kappa shape index (κ3) is 4.21. The summed E-state index contributed by atoms with van der Waals surface area (Å²) in [6.07, 6.45) is 0. The van der Waals surface area contributed by atoms with E-state index >= 15 is 0 Å². The largest absolute Gasteiger partial charge is 0.329 e. The fraction of sp³-hybridized carbons (Fsp3) is 0.571. The molecule has 0 unspecified atom stereocenters. The topological polar surface area (TPSA) is 115 Å². The molecule has 7 nitrogen and oxygen atoms in total. The molecule has 1 rings (SSSR count). The zero-order valence-electron chi connectivity index (χ0n) is 8.63. The van der Waals surface area contributed by atoms with Crippen molar-refractivity contribution in [2.24, 2.45) is 5.73 Å². The van der Waals surface area contributed by atoms with Crippen LogP contribution in [0.15, 0.2) is 0 Å². The predicted molar refractivity (Wildman–Crippen MR) is 61.0 cm³/mol. The molecule has 1 aromatic rings. The van der Waals surface area contributed by atoms with Crippen molar-refractivity contribution < 1.29 is 13.2 Å². The van der Waals surface area contributed by atoms with E-state index in [0.29, 0.717) is 10.1 Å². The molecule has 90 valence electrons. The minimum atomic E-state index is -3.42. The van der Waals surface area contributed by atoms with Crippen molar-refractivity contribution in [2.45, 2.75) is 6.92 Å². The molecule has 0 atom stereocenters. The summed E-state index contributed by atoms with van der Waals surface area (Å²) in [5, 5.41) is 10.7. The molecule has 0 radical (unpaired) electrons. The van der Waals surface area contributed by atoms with E-state index < -0.39 is 21.5 Å².